The Morgan fingerprint density at radius 2 is 1.70 bits per heavy atom. The van der Waals surface area contributed by atoms with Crippen molar-refractivity contribution in [3.63, 3.8) is 0 Å². The van der Waals surface area contributed by atoms with Crippen molar-refractivity contribution >= 4 is 28.9 Å². The highest BCUT2D eigenvalue weighted by molar-refractivity contribution is 6.04. The van der Waals surface area contributed by atoms with E-state index in [2.05, 4.69) is 20.6 Å². The molecule has 0 unspecified atom stereocenters. The molecule has 1 heterocycles. The summed E-state index contributed by atoms with van der Waals surface area (Å²) in [5.41, 5.74) is 2.95. The molecule has 27 heavy (non-hydrogen) atoms. The first-order chi connectivity index (χ1) is 13.0. The number of hydrogen-bond acceptors (Lipinski definition) is 6. The first-order valence-electron chi connectivity index (χ1n) is 8.37. The lowest BCUT2D eigenvalue weighted by atomic mass is 10.2. The Morgan fingerprint density at radius 3 is 2.33 bits per heavy atom. The fraction of sp³-hybridized carbons (Fsp3) is 0.150. The van der Waals surface area contributed by atoms with E-state index in [1.165, 1.54) is 12.4 Å². The van der Waals surface area contributed by atoms with E-state index in [-0.39, 0.29) is 5.91 Å². The number of methoxy groups -OCH3 is 1. The van der Waals surface area contributed by atoms with Crippen LogP contribution in [0.1, 0.15) is 10.4 Å². The van der Waals surface area contributed by atoms with Crippen LogP contribution in [0.15, 0.2) is 60.9 Å². The number of benzene rings is 2. The molecule has 0 aliphatic rings. The fourth-order valence-electron chi connectivity index (χ4n) is 2.39. The largest absolute Gasteiger partial charge is 0.497 e. The van der Waals surface area contributed by atoms with Crippen molar-refractivity contribution in [1.82, 2.24) is 9.97 Å². The third-order valence-electron chi connectivity index (χ3n) is 3.88. The second kappa shape index (κ2) is 8.18. The van der Waals surface area contributed by atoms with Crippen molar-refractivity contribution in [2.45, 2.75) is 0 Å². The highest BCUT2D eigenvalue weighted by atomic mass is 16.5. The highest BCUT2D eigenvalue weighted by Gasteiger charge is 2.08. The Hall–Kier alpha value is -3.61. The van der Waals surface area contributed by atoms with Crippen molar-refractivity contribution in [3.05, 3.63) is 66.5 Å². The summed E-state index contributed by atoms with van der Waals surface area (Å²) < 4.78 is 5.18. The van der Waals surface area contributed by atoms with Crippen LogP contribution in [-0.4, -0.2) is 37.1 Å². The van der Waals surface area contributed by atoms with Crippen molar-refractivity contribution in [2.24, 2.45) is 0 Å². The van der Waals surface area contributed by atoms with Gasteiger partial charge in [0.1, 0.15) is 5.75 Å². The minimum absolute atomic E-state index is 0.263. The standard InChI is InChI=1S/C20H21N5O2/c1-25(2)17-9-7-15(8-10-17)23-19(26)14-12-21-20(22-13-14)24-16-5-4-6-18(11-16)27-3/h4-13H,1-3H3,(H,23,26)(H,21,22,24). The van der Waals surface area contributed by atoms with Crippen molar-refractivity contribution in [1.29, 1.82) is 0 Å². The summed E-state index contributed by atoms with van der Waals surface area (Å²) in [4.78, 5) is 22.7. The topological polar surface area (TPSA) is 79.4 Å². The van der Waals surface area contributed by atoms with E-state index in [4.69, 9.17) is 4.74 Å². The normalized spacial score (nSPS) is 10.2. The van der Waals surface area contributed by atoms with E-state index < -0.39 is 0 Å². The molecular weight excluding hydrogens is 342 g/mol. The molecule has 0 bridgehead atoms. The van der Waals surface area contributed by atoms with Crippen LogP contribution in [-0.2, 0) is 0 Å². The number of nitrogens with zero attached hydrogens (tertiary/aromatic N) is 3. The Kier molecular flexibility index (Phi) is 5.51. The van der Waals surface area contributed by atoms with Gasteiger partial charge in [0.05, 0.1) is 12.7 Å². The van der Waals surface area contributed by atoms with E-state index in [0.29, 0.717) is 17.2 Å². The summed E-state index contributed by atoms with van der Waals surface area (Å²) in [7, 11) is 5.54. The highest BCUT2D eigenvalue weighted by Crippen LogP contribution is 2.19. The quantitative estimate of drug-likeness (QED) is 0.697. The van der Waals surface area contributed by atoms with Crippen molar-refractivity contribution < 1.29 is 9.53 Å². The Bertz CT molecular complexity index is 908. The van der Waals surface area contributed by atoms with E-state index in [0.717, 1.165) is 17.1 Å². The van der Waals surface area contributed by atoms with Crippen molar-refractivity contribution in [3.8, 4) is 5.75 Å². The van der Waals surface area contributed by atoms with Gasteiger partial charge in [0, 0.05) is 49.6 Å². The molecule has 2 N–H and O–H groups in total. The molecule has 0 spiro atoms. The lowest BCUT2D eigenvalue weighted by molar-refractivity contribution is 0.102. The van der Waals surface area contributed by atoms with Crippen LogP contribution < -0.4 is 20.3 Å². The molecule has 3 aromatic rings. The molecule has 0 aliphatic heterocycles. The van der Waals surface area contributed by atoms with Crippen LogP contribution in [0.5, 0.6) is 5.75 Å². The zero-order valence-corrected chi connectivity index (χ0v) is 15.4. The van der Waals surface area contributed by atoms with Gasteiger partial charge in [-0.15, -0.1) is 0 Å². The second-order valence-corrected chi connectivity index (χ2v) is 6.05. The first kappa shape index (κ1) is 18.2. The van der Waals surface area contributed by atoms with Gasteiger partial charge in [-0.05, 0) is 36.4 Å². The zero-order chi connectivity index (χ0) is 19.2. The van der Waals surface area contributed by atoms with Crippen LogP contribution in [0, 0.1) is 0 Å². The first-order valence-corrected chi connectivity index (χ1v) is 8.37. The SMILES string of the molecule is COc1cccc(Nc2ncc(C(=O)Nc3ccc(N(C)C)cc3)cn2)c1. The molecule has 1 amide bonds. The molecule has 0 fully saturated rings. The van der Waals surface area contributed by atoms with Crippen LogP contribution in [0.25, 0.3) is 0 Å². The summed E-state index contributed by atoms with van der Waals surface area (Å²) in [6.45, 7) is 0. The van der Waals surface area contributed by atoms with E-state index in [9.17, 15) is 4.79 Å². The number of anilines is 4. The Labute approximate surface area is 158 Å². The van der Waals surface area contributed by atoms with Gasteiger partial charge < -0.3 is 20.3 Å². The predicted molar refractivity (Wildman–Crippen MR) is 107 cm³/mol. The van der Waals surface area contributed by atoms with Crippen LogP contribution in [0.3, 0.4) is 0 Å². The third kappa shape index (κ3) is 4.72. The van der Waals surface area contributed by atoms with Gasteiger partial charge in [-0.2, -0.15) is 0 Å². The molecule has 7 nitrogen and oxygen atoms in total. The molecule has 0 aliphatic carbocycles. The predicted octanol–water partition coefficient (Wildman–Crippen LogP) is 3.55. The van der Waals surface area contributed by atoms with E-state index >= 15 is 0 Å². The van der Waals surface area contributed by atoms with Gasteiger partial charge in [0.2, 0.25) is 5.95 Å². The summed E-state index contributed by atoms with van der Waals surface area (Å²) in [5.74, 6) is 0.868. The molecule has 2 aromatic carbocycles. The van der Waals surface area contributed by atoms with Gasteiger partial charge in [0.25, 0.3) is 5.91 Å². The minimum atomic E-state index is -0.263. The maximum absolute atomic E-state index is 12.3. The minimum Gasteiger partial charge on any atom is -0.497 e. The maximum Gasteiger partial charge on any atom is 0.258 e. The van der Waals surface area contributed by atoms with E-state index in [1.54, 1.807) is 7.11 Å². The summed E-state index contributed by atoms with van der Waals surface area (Å²) in [6, 6.07) is 15.0. The average molecular weight is 363 g/mol. The maximum atomic E-state index is 12.3. The van der Waals surface area contributed by atoms with Gasteiger partial charge in [-0.1, -0.05) is 6.07 Å². The monoisotopic (exact) mass is 363 g/mol. The van der Waals surface area contributed by atoms with Crippen LogP contribution in [0.4, 0.5) is 23.0 Å². The Balaban J connectivity index is 1.64. The van der Waals surface area contributed by atoms with Crippen molar-refractivity contribution in [2.75, 3.05) is 36.7 Å². The average Bonchev–Trinajstić information content (AvgIpc) is 2.69. The zero-order valence-electron chi connectivity index (χ0n) is 15.4. The molecule has 0 radical (unpaired) electrons. The molecule has 1 aromatic heterocycles. The lowest BCUT2D eigenvalue weighted by Crippen LogP contribution is -2.13. The summed E-state index contributed by atoms with van der Waals surface area (Å²) >= 11 is 0. The molecule has 138 valence electrons. The smallest absolute Gasteiger partial charge is 0.258 e. The van der Waals surface area contributed by atoms with Gasteiger partial charge in [0.15, 0.2) is 0 Å². The van der Waals surface area contributed by atoms with E-state index in [1.807, 2.05) is 67.5 Å². The number of carbonyl (C=O) groups excluding carboxylic acids is 1. The number of ether oxygens (including phenoxy) is 1. The molecule has 0 atom stereocenters. The van der Waals surface area contributed by atoms with Crippen LogP contribution >= 0.6 is 0 Å². The number of aromatic nitrogens is 2. The fourth-order valence-corrected chi connectivity index (χ4v) is 2.39. The number of carbonyl (C=O) groups is 1. The Morgan fingerprint density at radius 1 is 1.00 bits per heavy atom. The molecule has 3 rings (SSSR count). The molecule has 0 saturated carbocycles. The number of hydrogen-bond donors (Lipinski definition) is 2. The number of rotatable bonds is 6. The summed E-state index contributed by atoms with van der Waals surface area (Å²) in [6.07, 6.45) is 2.97. The lowest BCUT2D eigenvalue weighted by Gasteiger charge is -2.13. The number of amides is 1. The second-order valence-electron chi connectivity index (χ2n) is 6.05. The number of nitrogens with one attached hydrogen (secondary N) is 2. The molecule has 7 heteroatoms. The third-order valence-corrected chi connectivity index (χ3v) is 3.88. The van der Waals surface area contributed by atoms with Gasteiger partial charge in [-0.3, -0.25) is 4.79 Å². The molecular formula is C20H21N5O2. The van der Waals surface area contributed by atoms with Gasteiger partial charge in [-0.25, -0.2) is 9.97 Å². The summed E-state index contributed by atoms with van der Waals surface area (Å²) in [5, 5.41) is 5.91. The molecule has 0 saturated heterocycles. The van der Waals surface area contributed by atoms with Crippen LogP contribution in [0.2, 0.25) is 0 Å². The van der Waals surface area contributed by atoms with Gasteiger partial charge >= 0.3 is 0 Å².